The quantitative estimate of drug-likeness (QED) is 0.909. The first-order chi connectivity index (χ1) is 6.66. The lowest BCUT2D eigenvalue weighted by Gasteiger charge is -2.14. The Balaban J connectivity index is 2.07. The Kier molecular flexibility index (Phi) is 2.98. The Labute approximate surface area is 97.2 Å². The second kappa shape index (κ2) is 4.07. The van der Waals surface area contributed by atoms with Crippen LogP contribution in [0, 0.1) is 5.92 Å². The third kappa shape index (κ3) is 2.39. The fourth-order valence-electron chi connectivity index (χ4n) is 1.45. The first-order valence-corrected chi connectivity index (χ1v) is 5.91. The van der Waals surface area contributed by atoms with Crippen LogP contribution >= 0.6 is 27.5 Å². The third-order valence-electron chi connectivity index (χ3n) is 2.50. The molecule has 14 heavy (non-hydrogen) atoms. The fourth-order valence-corrected chi connectivity index (χ4v) is 2.13. The lowest BCUT2D eigenvalue weighted by atomic mass is 10.2. The van der Waals surface area contributed by atoms with Gasteiger partial charge in [-0.3, -0.25) is 0 Å². The Bertz CT molecular complexity index is 339. The molecule has 0 amide bonds. The van der Waals surface area contributed by atoms with Gasteiger partial charge in [-0.2, -0.15) is 0 Å². The number of anilines is 1. The van der Waals surface area contributed by atoms with Gasteiger partial charge in [0.2, 0.25) is 0 Å². The van der Waals surface area contributed by atoms with Gasteiger partial charge in [0.1, 0.15) is 5.82 Å². The average molecular weight is 276 g/mol. The van der Waals surface area contributed by atoms with Crippen molar-refractivity contribution in [2.24, 2.45) is 5.92 Å². The minimum absolute atomic E-state index is 0.473. The summed E-state index contributed by atoms with van der Waals surface area (Å²) in [6.07, 6.45) is 4.40. The van der Waals surface area contributed by atoms with Crippen molar-refractivity contribution in [3.63, 3.8) is 0 Å². The highest BCUT2D eigenvalue weighted by Crippen LogP contribution is 2.34. The van der Waals surface area contributed by atoms with Gasteiger partial charge in [-0.05, 0) is 47.7 Å². The Hall–Kier alpha value is -0.280. The molecule has 1 atom stereocenters. The lowest BCUT2D eigenvalue weighted by molar-refractivity contribution is 0.690. The minimum Gasteiger partial charge on any atom is -0.366 e. The molecule has 1 N–H and O–H groups in total. The average Bonchev–Trinajstić information content (AvgIpc) is 2.92. The molecule has 1 aromatic heterocycles. The summed E-state index contributed by atoms with van der Waals surface area (Å²) >= 11 is 9.37. The number of hydrogen-bond acceptors (Lipinski definition) is 2. The van der Waals surface area contributed by atoms with Gasteiger partial charge < -0.3 is 5.32 Å². The molecule has 0 bridgehead atoms. The van der Waals surface area contributed by atoms with E-state index in [1.165, 1.54) is 12.8 Å². The van der Waals surface area contributed by atoms with Gasteiger partial charge in [0.05, 0.1) is 5.02 Å². The molecule has 1 unspecified atom stereocenters. The predicted molar refractivity (Wildman–Crippen MR) is 62.8 cm³/mol. The molecule has 1 aliphatic rings. The van der Waals surface area contributed by atoms with Crippen molar-refractivity contribution in [1.82, 2.24) is 4.98 Å². The highest BCUT2D eigenvalue weighted by molar-refractivity contribution is 9.10. The maximum absolute atomic E-state index is 6.04. The molecule has 0 aliphatic heterocycles. The fraction of sp³-hybridized carbons (Fsp3) is 0.500. The van der Waals surface area contributed by atoms with Crippen LogP contribution in [0.5, 0.6) is 0 Å². The topological polar surface area (TPSA) is 24.9 Å². The van der Waals surface area contributed by atoms with Crippen molar-refractivity contribution in [2.45, 2.75) is 25.8 Å². The summed E-state index contributed by atoms with van der Waals surface area (Å²) in [5.41, 5.74) is 0. The zero-order chi connectivity index (χ0) is 10.1. The van der Waals surface area contributed by atoms with Gasteiger partial charge in [0, 0.05) is 16.7 Å². The molecule has 0 saturated heterocycles. The molecule has 1 aliphatic carbocycles. The van der Waals surface area contributed by atoms with E-state index in [9.17, 15) is 0 Å². The van der Waals surface area contributed by atoms with Crippen molar-refractivity contribution < 1.29 is 0 Å². The van der Waals surface area contributed by atoms with Crippen LogP contribution in [0.4, 0.5) is 5.82 Å². The number of rotatable bonds is 3. The van der Waals surface area contributed by atoms with E-state index in [-0.39, 0.29) is 0 Å². The van der Waals surface area contributed by atoms with E-state index in [0.717, 1.165) is 16.2 Å². The Morgan fingerprint density at radius 3 is 2.93 bits per heavy atom. The first-order valence-electron chi connectivity index (χ1n) is 4.74. The van der Waals surface area contributed by atoms with Crippen molar-refractivity contribution >= 4 is 33.3 Å². The summed E-state index contributed by atoms with van der Waals surface area (Å²) < 4.78 is 0.909. The maximum atomic E-state index is 6.04. The van der Waals surface area contributed by atoms with E-state index in [2.05, 4.69) is 33.2 Å². The highest BCUT2D eigenvalue weighted by Gasteiger charge is 2.28. The van der Waals surface area contributed by atoms with Crippen LogP contribution in [-0.2, 0) is 0 Å². The summed E-state index contributed by atoms with van der Waals surface area (Å²) in [5.74, 6) is 1.59. The Morgan fingerprint density at radius 2 is 2.36 bits per heavy atom. The summed E-state index contributed by atoms with van der Waals surface area (Å²) in [7, 11) is 0. The molecule has 1 aromatic rings. The third-order valence-corrected chi connectivity index (χ3v) is 3.22. The molecule has 4 heteroatoms. The zero-order valence-corrected chi connectivity index (χ0v) is 10.3. The molecule has 2 rings (SSSR count). The van der Waals surface area contributed by atoms with Crippen molar-refractivity contribution in [3.8, 4) is 0 Å². The van der Waals surface area contributed by atoms with E-state index in [0.29, 0.717) is 11.1 Å². The lowest BCUT2D eigenvalue weighted by Crippen LogP contribution is -2.18. The van der Waals surface area contributed by atoms with Crippen LogP contribution < -0.4 is 5.32 Å². The van der Waals surface area contributed by atoms with Crippen LogP contribution in [-0.4, -0.2) is 11.0 Å². The van der Waals surface area contributed by atoms with E-state index in [4.69, 9.17) is 11.6 Å². The van der Waals surface area contributed by atoms with Crippen molar-refractivity contribution in [3.05, 3.63) is 21.8 Å². The Morgan fingerprint density at radius 1 is 1.64 bits per heavy atom. The van der Waals surface area contributed by atoms with Crippen molar-refractivity contribution in [1.29, 1.82) is 0 Å². The molecule has 1 saturated carbocycles. The molecule has 0 aromatic carbocycles. The SMILES string of the molecule is CC(Nc1ncc(Br)cc1Cl)C1CC1. The maximum Gasteiger partial charge on any atom is 0.145 e. The van der Waals surface area contributed by atoms with E-state index >= 15 is 0 Å². The molecule has 1 heterocycles. The molecule has 0 spiro atoms. The molecule has 2 nitrogen and oxygen atoms in total. The number of nitrogens with one attached hydrogen (secondary N) is 1. The van der Waals surface area contributed by atoms with Crippen LogP contribution in [0.2, 0.25) is 5.02 Å². The van der Waals surface area contributed by atoms with Crippen LogP contribution in [0.25, 0.3) is 0 Å². The summed E-state index contributed by atoms with van der Waals surface area (Å²) in [4.78, 5) is 4.24. The van der Waals surface area contributed by atoms with Gasteiger partial charge in [-0.1, -0.05) is 11.6 Å². The number of aromatic nitrogens is 1. The number of halogens is 2. The number of nitrogens with zero attached hydrogens (tertiary/aromatic N) is 1. The largest absolute Gasteiger partial charge is 0.366 e. The minimum atomic E-state index is 0.473. The second-order valence-electron chi connectivity index (χ2n) is 3.75. The second-order valence-corrected chi connectivity index (χ2v) is 5.08. The van der Waals surface area contributed by atoms with Gasteiger partial charge in [-0.15, -0.1) is 0 Å². The van der Waals surface area contributed by atoms with Crippen LogP contribution in [0.1, 0.15) is 19.8 Å². The predicted octanol–water partition coefficient (Wildman–Crippen LogP) is 3.71. The normalized spacial score (nSPS) is 17.9. The van der Waals surface area contributed by atoms with Crippen molar-refractivity contribution in [2.75, 3.05) is 5.32 Å². The zero-order valence-electron chi connectivity index (χ0n) is 7.93. The van der Waals surface area contributed by atoms with E-state index in [1.807, 2.05) is 6.07 Å². The first kappa shape index (κ1) is 10.2. The summed E-state index contributed by atoms with van der Waals surface area (Å²) in [6, 6.07) is 2.33. The van der Waals surface area contributed by atoms with E-state index < -0.39 is 0 Å². The monoisotopic (exact) mass is 274 g/mol. The van der Waals surface area contributed by atoms with Crippen LogP contribution in [0.3, 0.4) is 0 Å². The van der Waals surface area contributed by atoms with Gasteiger partial charge in [-0.25, -0.2) is 4.98 Å². The molecule has 1 fully saturated rings. The highest BCUT2D eigenvalue weighted by atomic mass is 79.9. The smallest absolute Gasteiger partial charge is 0.145 e. The van der Waals surface area contributed by atoms with Gasteiger partial charge >= 0.3 is 0 Å². The van der Waals surface area contributed by atoms with Crippen LogP contribution in [0.15, 0.2) is 16.7 Å². The summed E-state index contributed by atoms with van der Waals surface area (Å²) in [6.45, 7) is 2.18. The van der Waals surface area contributed by atoms with Gasteiger partial charge in [0.25, 0.3) is 0 Å². The summed E-state index contributed by atoms with van der Waals surface area (Å²) in [5, 5.41) is 4.01. The molecule has 0 radical (unpaired) electrons. The molecular weight excluding hydrogens is 263 g/mol. The number of hydrogen-bond donors (Lipinski definition) is 1. The standard InChI is InChI=1S/C10H12BrClN2/c1-6(7-2-3-7)14-10-9(12)4-8(11)5-13-10/h4-7H,2-3H2,1H3,(H,13,14). The van der Waals surface area contributed by atoms with E-state index in [1.54, 1.807) is 6.20 Å². The number of pyridine rings is 1. The van der Waals surface area contributed by atoms with Gasteiger partial charge in [0.15, 0.2) is 0 Å². The molecule has 76 valence electrons. The molecular formula is C10H12BrClN2.